The zero-order valence-corrected chi connectivity index (χ0v) is 10.9. The Balaban J connectivity index is 2.08. The maximum absolute atomic E-state index is 4.40. The summed E-state index contributed by atoms with van der Waals surface area (Å²) in [7, 11) is 1.92. The first-order valence-corrected chi connectivity index (χ1v) is 6.21. The molecule has 1 atom stereocenters. The summed E-state index contributed by atoms with van der Waals surface area (Å²) >= 11 is 1.50. The number of nitrogens with zero attached hydrogens (tertiary/aromatic N) is 3. The van der Waals surface area contributed by atoms with Crippen molar-refractivity contribution in [2.24, 2.45) is 0 Å². The normalized spacial score (nSPS) is 12.6. The fraction of sp³-hybridized carbons (Fsp3) is 0.364. The SMILES string of the molecule is CNC(C)c1ccc(Sc2n[nH]c(C)n2)cn1. The standard InChI is InChI=1S/C11H15N5S/c1-7(12-3)10-5-4-9(6-13-10)17-11-14-8(2)15-16-11/h4-7,12H,1-3H3,(H,14,15,16). The lowest BCUT2D eigenvalue weighted by molar-refractivity contribution is 0.631. The van der Waals surface area contributed by atoms with Gasteiger partial charge < -0.3 is 5.32 Å². The Labute approximate surface area is 104 Å². The number of nitrogens with one attached hydrogen (secondary N) is 2. The highest BCUT2D eigenvalue weighted by atomic mass is 32.2. The highest BCUT2D eigenvalue weighted by molar-refractivity contribution is 7.99. The van der Waals surface area contributed by atoms with Crippen LogP contribution in [0.5, 0.6) is 0 Å². The van der Waals surface area contributed by atoms with E-state index in [2.05, 4.69) is 32.4 Å². The van der Waals surface area contributed by atoms with Crippen molar-refractivity contribution in [2.75, 3.05) is 7.05 Å². The number of hydrogen-bond acceptors (Lipinski definition) is 5. The first kappa shape index (κ1) is 12.1. The van der Waals surface area contributed by atoms with Crippen LogP contribution in [-0.4, -0.2) is 27.2 Å². The fourth-order valence-corrected chi connectivity index (χ4v) is 2.06. The van der Waals surface area contributed by atoms with Gasteiger partial charge in [-0.2, -0.15) is 0 Å². The van der Waals surface area contributed by atoms with Gasteiger partial charge in [-0.3, -0.25) is 10.1 Å². The van der Waals surface area contributed by atoms with E-state index >= 15 is 0 Å². The van der Waals surface area contributed by atoms with Crippen molar-refractivity contribution in [1.29, 1.82) is 0 Å². The highest BCUT2D eigenvalue weighted by Gasteiger charge is 2.06. The van der Waals surface area contributed by atoms with Gasteiger partial charge in [0.2, 0.25) is 5.16 Å². The molecule has 0 saturated heterocycles. The third kappa shape index (κ3) is 3.04. The van der Waals surface area contributed by atoms with Crippen molar-refractivity contribution in [2.45, 2.75) is 29.9 Å². The van der Waals surface area contributed by atoms with Crippen molar-refractivity contribution in [3.05, 3.63) is 29.8 Å². The van der Waals surface area contributed by atoms with Crippen LogP contribution in [-0.2, 0) is 0 Å². The minimum atomic E-state index is 0.264. The third-order valence-corrected chi connectivity index (χ3v) is 3.26. The van der Waals surface area contributed by atoms with Gasteiger partial charge in [-0.25, -0.2) is 4.98 Å². The van der Waals surface area contributed by atoms with Crippen LogP contribution in [0.1, 0.15) is 24.5 Å². The van der Waals surface area contributed by atoms with E-state index in [-0.39, 0.29) is 6.04 Å². The molecule has 17 heavy (non-hydrogen) atoms. The maximum atomic E-state index is 4.40. The molecule has 6 heteroatoms. The van der Waals surface area contributed by atoms with Crippen LogP contribution in [0.25, 0.3) is 0 Å². The maximum Gasteiger partial charge on any atom is 0.213 e. The van der Waals surface area contributed by atoms with E-state index in [0.717, 1.165) is 21.6 Å². The van der Waals surface area contributed by atoms with Crippen molar-refractivity contribution in [1.82, 2.24) is 25.5 Å². The Hall–Kier alpha value is -1.40. The van der Waals surface area contributed by atoms with Gasteiger partial charge in [-0.1, -0.05) is 0 Å². The van der Waals surface area contributed by atoms with Crippen LogP contribution < -0.4 is 5.32 Å². The van der Waals surface area contributed by atoms with Gasteiger partial charge in [-0.05, 0) is 44.8 Å². The molecule has 0 spiro atoms. The zero-order valence-electron chi connectivity index (χ0n) is 10.1. The molecule has 2 aromatic heterocycles. The second-order valence-corrected chi connectivity index (χ2v) is 4.78. The van der Waals surface area contributed by atoms with Crippen LogP contribution >= 0.6 is 11.8 Å². The molecule has 0 aliphatic carbocycles. The van der Waals surface area contributed by atoms with Gasteiger partial charge in [0.1, 0.15) is 5.82 Å². The number of H-pyrrole nitrogens is 1. The summed E-state index contributed by atoms with van der Waals surface area (Å²) in [6, 6.07) is 4.31. The van der Waals surface area contributed by atoms with Crippen LogP contribution in [0.2, 0.25) is 0 Å². The summed E-state index contributed by atoms with van der Waals surface area (Å²) < 4.78 is 0. The van der Waals surface area contributed by atoms with Crippen molar-refractivity contribution in [3.8, 4) is 0 Å². The average molecular weight is 249 g/mol. The molecule has 0 fully saturated rings. The quantitative estimate of drug-likeness (QED) is 0.866. The molecule has 5 nitrogen and oxygen atoms in total. The summed E-state index contributed by atoms with van der Waals surface area (Å²) in [5.41, 5.74) is 1.03. The van der Waals surface area contributed by atoms with Crippen LogP contribution in [0.15, 0.2) is 28.4 Å². The van der Waals surface area contributed by atoms with Gasteiger partial charge >= 0.3 is 0 Å². The van der Waals surface area contributed by atoms with Crippen LogP contribution in [0.4, 0.5) is 0 Å². The molecule has 2 rings (SSSR count). The zero-order chi connectivity index (χ0) is 12.3. The monoisotopic (exact) mass is 249 g/mol. The molecule has 0 aromatic carbocycles. The van der Waals surface area contributed by atoms with E-state index in [9.17, 15) is 0 Å². The average Bonchev–Trinajstić information content (AvgIpc) is 2.75. The summed E-state index contributed by atoms with van der Waals surface area (Å²) in [5.74, 6) is 0.820. The summed E-state index contributed by atoms with van der Waals surface area (Å²) in [5, 5.41) is 10.8. The topological polar surface area (TPSA) is 66.5 Å². The van der Waals surface area contributed by atoms with E-state index in [1.807, 2.05) is 32.3 Å². The molecule has 1 unspecified atom stereocenters. The number of hydrogen-bond donors (Lipinski definition) is 2. The molecule has 0 aliphatic rings. The van der Waals surface area contributed by atoms with E-state index in [0.29, 0.717) is 0 Å². The predicted octanol–water partition coefficient (Wildman–Crippen LogP) is 1.94. The second kappa shape index (κ2) is 5.29. The summed E-state index contributed by atoms with van der Waals surface area (Å²) in [4.78, 5) is 9.68. The van der Waals surface area contributed by atoms with E-state index in [1.54, 1.807) is 0 Å². The van der Waals surface area contributed by atoms with Gasteiger partial charge in [0.15, 0.2) is 0 Å². The second-order valence-electron chi connectivity index (χ2n) is 3.73. The third-order valence-electron chi connectivity index (χ3n) is 2.42. The molecular formula is C11H15N5S. The van der Waals surface area contributed by atoms with Gasteiger partial charge in [0.25, 0.3) is 0 Å². The molecule has 0 aliphatic heterocycles. The van der Waals surface area contributed by atoms with E-state index in [1.165, 1.54) is 11.8 Å². The molecule has 0 saturated carbocycles. The van der Waals surface area contributed by atoms with E-state index < -0.39 is 0 Å². The van der Waals surface area contributed by atoms with Crippen molar-refractivity contribution >= 4 is 11.8 Å². The Morgan fingerprint density at radius 1 is 1.41 bits per heavy atom. The van der Waals surface area contributed by atoms with Crippen LogP contribution in [0.3, 0.4) is 0 Å². The largest absolute Gasteiger partial charge is 0.312 e. The first-order chi connectivity index (χ1) is 8.19. The first-order valence-electron chi connectivity index (χ1n) is 5.39. The number of aryl methyl sites for hydroxylation is 1. The number of rotatable bonds is 4. The van der Waals surface area contributed by atoms with Crippen molar-refractivity contribution in [3.63, 3.8) is 0 Å². The van der Waals surface area contributed by atoms with Gasteiger partial charge in [-0.15, -0.1) is 5.10 Å². The number of pyridine rings is 1. The Morgan fingerprint density at radius 3 is 2.76 bits per heavy atom. The van der Waals surface area contributed by atoms with Crippen molar-refractivity contribution < 1.29 is 0 Å². The van der Waals surface area contributed by atoms with Gasteiger partial charge in [0.05, 0.1) is 5.69 Å². The minimum absolute atomic E-state index is 0.264. The highest BCUT2D eigenvalue weighted by Crippen LogP contribution is 2.24. The number of aromatic nitrogens is 4. The molecular weight excluding hydrogens is 234 g/mol. The lowest BCUT2D eigenvalue weighted by Crippen LogP contribution is -2.13. The Morgan fingerprint density at radius 2 is 2.24 bits per heavy atom. The lowest BCUT2D eigenvalue weighted by Gasteiger charge is -2.09. The molecule has 2 aromatic rings. The smallest absolute Gasteiger partial charge is 0.213 e. The van der Waals surface area contributed by atoms with Crippen LogP contribution in [0, 0.1) is 6.92 Å². The molecule has 2 N–H and O–H groups in total. The summed E-state index contributed by atoms with van der Waals surface area (Å²) in [6.45, 7) is 3.96. The lowest BCUT2D eigenvalue weighted by atomic mass is 10.2. The molecule has 0 radical (unpaired) electrons. The molecule has 0 bridgehead atoms. The number of aromatic amines is 1. The van der Waals surface area contributed by atoms with Gasteiger partial charge in [0, 0.05) is 17.1 Å². The molecule has 90 valence electrons. The predicted molar refractivity (Wildman–Crippen MR) is 67.0 cm³/mol. The minimum Gasteiger partial charge on any atom is -0.312 e. The Bertz CT molecular complexity index is 479. The molecule has 0 amide bonds. The Kier molecular flexibility index (Phi) is 3.75. The van der Waals surface area contributed by atoms with E-state index in [4.69, 9.17) is 0 Å². The fourth-order valence-electron chi connectivity index (χ4n) is 1.33. The summed E-state index contributed by atoms with van der Waals surface area (Å²) in [6.07, 6.45) is 1.85. The molecule has 2 heterocycles.